The topological polar surface area (TPSA) is 85.3 Å². The molecule has 0 aliphatic heterocycles. The largest absolute Gasteiger partial charge is 0.508 e. The van der Waals surface area contributed by atoms with Crippen molar-refractivity contribution in [3.05, 3.63) is 64.5 Å². The van der Waals surface area contributed by atoms with E-state index in [1.165, 1.54) is 19.3 Å². The standard InChI is InChI=1S/C22H23N5O2/c28-17-8-6-15(7-9-17)10-12-26-13-11-19-18(21(26)29)14-23-22-24-20(25-27(19)22)16-4-2-1-3-5-16/h6-9,11,13-14,16,28H,1-5,10,12H2. The van der Waals surface area contributed by atoms with E-state index in [-0.39, 0.29) is 11.3 Å². The van der Waals surface area contributed by atoms with E-state index in [9.17, 15) is 9.90 Å². The Balaban J connectivity index is 1.47. The lowest BCUT2D eigenvalue weighted by Gasteiger charge is -2.17. The zero-order valence-corrected chi connectivity index (χ0v) is 16.2. The minimum atomic E-state index is -0.0783. The van der Waals surface area contributed by atoms with Crippen LogP contribution in [0.15, 0.2) is 47.5 Å². The zero-order valence-electron chi connectivity index (χ0n) is 16.2. The normalized spacial score (nSPS) is 15.3. The van der Waals surface area contributed by atoms with Crippen molar-refractivity contribution in [1.82, 2.24) is 24.1 Å². The van der Waals surface area contributed by atoms with E-state index in [0.29, 0.717) is 30.0 Å². The summed E-state index contributed by atoms with van der Waals surface area (Å²) in [7, 11) is 0. The molecule has 0 unspecified atom stereocenters. The molecule has 1 aliphatic carbocycles. The van der Waals surface area contributed by atoms with Crippen molar-refractivity contribution in [1.29, 1.82) is 0 Å². The van der Waals surface area contributed by atoms with Crippen LogP contribution in [0.2, 0.25) is 0 Å². The Kier molecular flexibility index (Phi) is 4.50. The van der Waals surface area contributed by atoms with Crippen molar-refractivity contribution in [2.45, 2.75) is 51.0 Å². The lowest BCUT2D eigenvalue weighted by molar-refractivity contribution is 0.429. The van der Waals surface area contributed by atoms with Crippen molar-refractivity contribution >= 4 is 16.7 Å². The van der Waals surface area contributed by atoms with Crippen LogP contribution in [0.3, 0.4) is 0 Å². The third-order valence-electron chi connectivity index (χ3n) is 5.87. The van der Waals surface area contributed by atoms with Gasteiger partial charge in [0.1, 0.15) is 5.75 Å². The average molecular weight is 389 g/mol. The molecule has 1 N–H and O–H groups in total. The number of phenols is 1. The molecule has 7 nitrogen and oxygen atoms in total. The maximum atomic E-state index is 13.0. The second-order valence-corrected chi connectivity index (χ2v) is 7.80. The molecular formula is C22H23N5O2. The van der Waals surface area contributed by atoms with E-state index in [2.05, 4.69) is 9.97 Å². The molecule has 0 amide bonds. The Bertz CT molecular complexity index is 1220. The smallest absolute Gasteiger partial charge is 0.261 e. The van der Waals surface area contributed by atoms with Crippen LogP contribution in [0.4, 0.5) is 0 Å². The van der Waals surface area contributed by atoms with Gasteiger partial charge in [0.05, 0.1) is 10.9 Å². The summed E-state index contributed by atoms with van der Waals surface area (Å²) in [5.74, 6) is 2.04. The highest BCUT2D eigenvalue weighted by atomic mass is 16.3. The molecule has 0 spiro atoms. The van der Waals surface area contributed by atoms with Gasteiger partial charge in [-0.3, -0.25) is 4.79 Å². The molecular weight excluding hydrogens is 366 g/mol. The molecule has 4 aromatic rings. The molecule has 1 fully saturated rings. The third-order valence-corrected chi connectivity index (χ3v) is 5.87. The number of pyridine rings is 1. The minimum Gasteiger partial charge on any atom is -0.508 e. The first-order chi connectivity index (χ1) is 14.2. The van der Waals surface area contributed by atoms with Crippen LogP contribution in [0.25, 0.3) is 16.7 Å². The van der Waals surface area contributed by atoms with Crippen LogP contribution in [-0.4, -0.2) is 29.3 Å². The third kappa shape index (κ3) is 3.37. The van der Waals surface area contributed by atoms with Crippen LogP contribution in [-0.2, 0) is 13.0 Å². The number of nitrogens with zero attached hydrogens (tertiary/aromatic N) is 5. The van der Waals surface area contributed by atoms with Crippen LogP contribution in [0, 0.1) is 0 Å². The van der Waals surface area contributed by atoms with Crippen LogP contribution >= 0.6 is 0 Å². The number of phenolic OH excluding ortho intramolecular Hbond substituents is 1. The van der Waals surface area contributed by atoms with Crippen molar-refractivity contribution in [2.24, 2.45) is 0 Å². The fourth-order valence-corrected chi connectivity index (χ4v) is 4.20. The fourth-order valence-electron chi connectivity index (χ4n) is 4.20. The van der Waals surface area contributed by atoms with Crippen LogP contribution in [0.5, 0.6) is 5.75 Å². The van der Waals surface area contributed by atoms with Gasteiger partial charge < -0.3 is 9.67 Å². The van der Waals surface area contributed by atoms with Gasteiger partial charge in [-0.15, -0.1) is 5.10 Å². The minimum absolute atomic E-state index is 0.0783. The highest BCUT2D eigenvalue weighted by Gasteiger charge is 2.21. The van der Waals surface area contributed by atoms with Crippen molar-refractivity contribution in [3.8, 4) is 5.75 Å². The zero-order chi connectivity index (χ0) is 19.8. The molecule has 1 aliphatic rings. The molecule has 148 valence electrons. The fraction of sp³-hybridized carbons (Fsp3) is 0.364. The summed E-state index contributed by atoms with van der Waals surface area (Å²) < 4.78 is 3.41. The first-order valence-electron chi connectivity index (χ1n) is 10.2. The Labute approximate surface area is 167 Å². The molecule has 0 radical (unpaired) electrons. The molecule has 0 saturated heterocycles. The Hall–Kier alpha value is -3.22. The lowest BCUT2D eigenvalue weighted by Crippen LogP contribution is -2.21. The molecule has 1 aromatic carbocycles. The van der Waals surface area contributed by atoms with Gasteiger partial charge >= 0.3 is 0 Å². The van der Waals surface area contributed by atoms with E-state index in [0.717, 1.165) is 29.7 Å². The maximum Gasteiger partial charge on any atom is 0.261 e. The average Bonchev–Trinajstić information content (AvgIpc) is 3.20. The first-order valence-corrected chi connectivity index (χ1v) is 10.2. The summed E-state index contributed by atoms with van der Waals surface area (Å²) in [5.41, 5.74) is 1.73. The monoisotopic (exact) mass is 389 g/mol. The number of aromatic hydroxyl groups is 1. The van der Waals surface area contributed by atoms with Gasteiger partial charge in [0, 0.05) is 24.9 Å². The van der Waals surface area contributed by atoms with Gasteiger partial charge in [-0.2, -0.15) is 9.50 Å². The molecule has 1 saturated carbocycles. The predicted octanol–water partition coefficient (Wildman–Crippen LogP) is 3.44. The van der Waals surface area contributed by atoms with Gasteiger partial charge in [0.2, 0.25) is 0 Å². The Morgan fingerprint density at radius 2 is 1.86 bits per heavy atom. The molecule has 0 bridgehead atoms. The van der Waals surface area contributed by atoms with E-state index < -0.39 is 0 Å². The second kappa shape index (κ2) is 7.31. The SMILES string of the molecule is O=c1c2cnc3nc(C4CCCCC4)nn3c2ccn1CCc1ccc(O)cc1. The van der Waals surface area contributed by atoms with Gasteiger partial charge in [-0.1, -0.05) is 31.4 Å². The van der Waals surface area contributed by atoms with Gasteiger partial charge in [0.25, 0.3) is 11.3 Å². The summed E-state index contributed by atoms with van der Waals surface area (Å²) >= 11 is 0. The summed E-state index contributed by atoms with van der Waals surface area (Å²) in [6.45, 7) is 0.558. The van der Waals surface area contributed by atoms with Gasteiger partial charge in [-0.05, 0) is 43.0 Å². The van der Waals surface area contributed by atoms with Gasteiger partial charge in [-0.25, -0.2) is 4.98 Å². The molecule has 7 heteroatoms. The first kappa shape index (κ1) is 17.8. The summed E-state index contributed by atoms with van der Waals surface area (Å²) in [6, 6.07) is 8.98. The number of benzene rings is 1. The summed E-state index contributed by atoms with van der Waals surface area (Å²) in [5, 5.41) is 14.7. The number of aryl methyl sites for hydroxylation is 2. The second-order valence-electron chi connectivity index (χ2n) is 7.80. The summed E-state index contributed by atoms with van der Waals surface area (Å²) in [6.07, 6.45) is 10.1. The predicted molar refractivity (Wildman–Crippen MR) is 110 cm³/mol. The molecule has 3 heterocycles. The number of aromatic nitrogens is 5. The highest BCUT2D eigenvalue weighted by Crippen LogP contribution is 2.31. The van der Waals surface area contributed by atoms with Gasteiger partial charge in [0.15, 0.2) is 5.82 Å². The van der Waals surface area contributed by atoms with E-state index in [1.807, 2.05) is 24.4 Å². The lowest BCUT2D eigenvalue weighted by atomic mass is 9.89. The van der Waals surface area contributed by atoms with E-state index >= 15 is 0 Å². The van der Waals surface area contributed by atoms with Crippen LogP contribution in [0.1, 0.15) is 49.4 Å². The van der Waals surface area contributed by atoms with Crippen molar-refractivity contribution in [2.75, 3.05) is 0 Å². The number of rotatable bonds is 4. The quantitative estimate of drug-likeness (QED) is 0.578. The molecule has 3 aromatic heterocycles. The number of fused-ring (bicyclic) bond motifs is 3. The van der Waals surface area contributed by atoms with E-state index in [1.54, 1.807) is 27.4 Å². The van der Waals surface area contributed by atoms with Crippen molar-refractivity contribution in [3.63, 3.8) is 0 Å². The summed E-state index contributed by atoms with van der Waals surface area (Å²) in [4.78, 5) is 22.0. The van der Waals surface area contributed by atoms with E-state index in [4.69, 9.17) is 5.10 Å². The molecule has 5 rings (SSSR count). The van der Waals surface area contributed by atoms with Crippen molar-refractivity contribution < 1.29 is 5.11 Å². The number of hydrogen-bond donors (Lipinski definition) is 1. The van der Waals surface area contributed by atoms with Crippen LogP contribution < -0.4 is 5.56 Å². The molecule has 0 atom stereocenters. The number of hydrogen-bond acceptors (Lipinski definition) is 5. The molecule has 29 heavy (non-hydrogen) atoms. The maximum absolute atomic E-state index is 13.0. The highest BCUT2D eigenvalue weighted by molar-refractivity contribution is 5.78. The Morgan fingerprint density at radius 1 is 1.07 bits per heavy atom. The Morgan fingerprint density at radius 3 is 2.66 bits per heavy atom.